The fraction of sp³-hybridized carbons (Fsp3) is 0.900. The van der Waals surface area contributed by atoms with Gasteiger partial charge in [0, 0.05) is 32.6 Å². The van der Waals surface area contributed by atoms with Crippen LogP contribution in [0.2, 0.25) is 0 Å². The van der Waals surface area contributed by atoms with Gasteiger partial charge < -0.3 is 19.5 Å². The number of carbonyl (C=O) groups excluding carboxylic acids is 1. The van der Waals surface area contributed by atoms with Crippen molar-refractivity contribution in [2.24, 2.45) is 0 Å². The molecule has 0 aliphatic carbocycles. The van der Waals surface area contributed by atoms with Gasteiger partial charge in [-0.2, -0.15) is 0 Å². The van der Waals surface area contributed by atoms with Crippen LogP contribution in [0.15, 0.2) is 0 Å². The molecule has 2 rings (SSSR count). The number of rotatable bonds is 2. The molecule has 1 N–H and O–H groups in total. The first-order chi connectivity index (χ1) is 7.20. The van der Waals surface area contributed by atoms with Gasteiger partial charge in [-0.3, -0.25) is 0 Å². The molecule has 15 heavy (non-hydrogen) atoms. The van der Waals surface area contributed by atoms with E-state index >= 15 is 0 Å². The maximum atomic E-state index is 11.4. The number of carbonyl (C=O) groups is 1. The Morgan fingerprint density at radius 3 is 2.73 bits per heavy atom. The van der Waals surface area contributed by atoms with Gasteiger partial charge in [-0.05, 0) is 6.42 Å². The van der Waals surface area contributed by atoms with E-state index in [-0.39, 0.29) is 6.09 Å². The zero-order valence-corrected chi connectivity index (χ0v) is 8.78. The summed E-state index contributed by atoms with van der Waals surface area (Å²) < 4.78 is 10.1. The highest BCUT2D eigenvalue weighted by Gasteiger charge is 2.34. The Hall–Kier alpha value is -0.810. The van der Waals surface area contributed by atoms with E-state index in [0.29, 0.717) is 45.8 Å². The molecule has 86 valence electrons. The zero-order chi connectivity index (χ0) is 10.7. The van der Waals surface area contributed by atoms with Crippen LogP contribution >= 0.6 is 0 Å². The fourth-order valence-electron chi connectivity index (χ4n) is 2.01. The largest absolute Gasteiger partial charge is 0.449 e. The minimum atomic E-state index is -0.783. The monoisotopic (exact) mass is 215 g/mol. The lowest BCUT2D eigenvalue weighted by atomic mass is 9.94. The van der Waals surface area contributed by atoms with Gasteiger partial charge in [0.2, 0.25) is 0 Å². The van der Waals surface area contributed by atoms with E-state index in [1.807, 2.05) is 0 Å². The second-order valence-corrected chi connectivity index (χ2v) is 4.23. The Kier molecular flexibility index (Phi) is 3.11. The number of cyclic esters (lactones) is 1. The highest BCUT2D eigenvalue weighted by molar-refractivity contribution is 5.68. The lowest BCUT2D eigenvalue weighted by Gasteiger charge is -2.37. The molecule has 0 aromatic carbocycles. The molecule has 0 aromatic heterocycles. The van der Waals surface area contributed by atoms with Crippen molar-refractivity contribution in [2.45, 2.75) is 24.9 Å². The van der Waals surface area contributed by atoms with Crippen molar-refractivity contribution in [1.29, 1.82) is 0 Å². The highest BCUT2D eigenvalue weighted by Crippen LogP contribution is 2.22. The van der Waals surface area contributed by atoms with Crippen molar-refractivity contribution >= 4 is 6.09 Å². The maximum Gasteiger partial charge on any atom is 0.409 e. The second kappa shape index (κ2) is 4.37. The third-order valence-electron chi connectivity index (χ3n) is 2.96. The molecule has 0 atom stereocenters. The smallest absolute Gasteiger partial charge is 0.409 e. The second-order valence-electron chi connectivity index (χ2n) is 4.23. The molecule has 1 amide bonds. The summed E-state index contributed by atoms with van der Waals surface area (Å²) in [5, 5.41) is 10.2. The molecule has 5 heteroatoms. The lowest BCUT2D eigenvalue weighted by Crippen LogP contribution is -2.50. The minimum Gasteiger partial charge on any atom is -0.449 e. The van der Waals surface area contributed by atoms with Crippen molar-refractivity contribution in [3.8, 4) is 0 Å². The van der Waals surface area contributed by atoms with Crippen LogP contribution in [0.5, 0.6) is 0 Å². The third kappa shape index (κ3) is 2.60. The number of ether oxygens (including phenoxy) is 2. The average molecular weight is 215 g/mol. The van der Waals surface area contributed by atoms with Gasteiger partial charge >= 0.3 is 6.09 Å². The number of β-amino-alcohol motifs (C(OH)–C–C–N with tert-alkyl or cyclic N) is 1. The summed E-state index contributed by atoms with van der Waals surface area (Å²) in [6.45, 7) is 2.69. The van der Waals surface area contributed by atoms with E-state index in [2.05, 4.69) is 0 Å². The van der Waals surface area contributed by atoms with Crippen LogP contribution in [0.1, 0.15) is 19.3 Å². The molecule has 2 saturated heterocycles. The number of amides is 1. The third-order valence-corrected chi connectivity index (χ3v) is 2.96. The quantitative estimate of drug-likeness (QED) is 0.723. The van der Waals surface area contributed by atoms with Crippen molar-refractivity contribution in [3.05, 3.63) is 0 Å². The van der Waals surface area contributed by atoms with Crippen LogP contribution in [0, 0.1) is 0 Å². The molecular formula is C10H17NO4. The summed E-state index contributed by atoms with van der Waals surface area (Å²) in [5.41, 5.74) is -0.783. The van der Waals surface area contributed by atoms with Gasteiger partial charge in [-0.1, -0.05) is 0 Å². The summed E-state index contributed by atoms with van der Waals surface area (Å²) in [5.74, 6) is 0. The Balaban J connectivity index is 1.91. The van der Waals surface area contributed by atoms with E-state index in [1.54, 1.807) is 4.90 Å². The van der Waals surface area contributed by atoms with Crippen molar-refractivity contribution in [3.63, 3.8) is 0 Å². The standard InChI is InChI=1S/C10H17NO4/c12-9-11(4-1-5-15-9)8-10(13)2-6-14-7-3-10/h13H,1-8H2. The van der Waals surface area contributed by atoms with E-state index in [1.165, 1.54) is 0 Å². The van der Waals surface area contributed by atoms with E-state index in [4.69, 9.17) is 9.47 Å². The zero-order valence-electron chi connectivity index (χ0n) is 8.78. The minimum absolute atomic E-state index is 0.304. The fourth-order valence-corrected chi connectivity index (χ4v) is 2.01. The van der Waals surface area contributed by atoms with Gasteiger partial charge in [0.1, 0.15) is 0 Å². The topological polar surface area (TPSA) is 59.0 Å². The highest BCUT2D eigenvalue weighted by atomic mass is 16.6. The van der Waals surface area contributed by atoms with E-state index < -0.39 is 5.60 Å². The molecule has 2 aliphatic heterocycles. The maximum absolute atomic E-state index is 11.4. The van der Waals surface area contributed by atoms with Gasteiger partial charge in [-0.25, -0.2) is 4.79 Å². The molecule has 0 saturated carbocycles. The Bertz CT molecular complexity index is 238. The van der Waals surface area contributed by atoms with Crippen molar-refractivity contribution in [1.82, 2.24) is 4.90 Å². The summed E-state index contributed by atoms with van der Waals surface area (Å²) in [7, 11) is 0. The first-order valence-corrected chi connectivity index (χ1v) is 5.41. The summed E-state index contributed by atoms with van der Waals surface area (Å²) in [6, 6.07) is 0. The summed E-state index contributed by atoms with van der Waals surface area (Å²) in [6.07, 6.45) is 1.73. The first kappa shape index (κ1) is 10.7. The summed E-state index contributed by atoms with van der Waals surface area (Å²) in [4.78, 5) is 13.0. The molecule has 0 spiro atoms. The van der Waals surface area contributed by atoms with Gasteiger partial charge in [0.15, 0.2) is 0 Å². The van der Waals surface area contributed by atoms with Crippen LogP contribution < -0.4 is 0 Å². The molecule has 0 bridgehead atoms. The normalized spacial score (nSPS) is 26.2. The van der Waals surface area contributed by atoms with Crippen LogP contribution in [0.4, 0.5) is 4.79 Å². The van der Waals surface area contributed by atoms with Crippen LogP contribution in [0.3, 0.4) is 0 Å². The SMILES string of the molecule is O=C1OCCCN1CC1(O)CCOCC1. The lowest BCUT2D eigenvalue weighted by molar-refractivity contribution is -0.0812. The Labute approximate surface area is 89.0 Å². The molecule has 2 aliphatic rings. The molecular weight excluding hydrogens is 198 g/mol. The molecule has 0 radical (unpaired) electrons. The van der Waals surface area contributed by atoms with E-state index in [0.717, 1.165) is 6.42 Å². The van der Waals surface area contributed by atoms with Crippen LogP contribution in [0.25, 0.3) is 0 Å². The molecule has 5 nitrogen and oxygen atoms in total. The number of aliphatic hydroxyl groups is 1. The number of hydrogen-bond acceptors (Lipinski definition) is 4. The number of hydrogen-bond donors (Lipinski definition) is 1. The van der Waals surface area contributed by atoms with Crippen LogP contribution in [-0.2, 0) is 9.47 Å². The van der Waals surface area contributed by atoms with Gasteiger partial charge in [0.05, 0.1) is 18.8 Å². The molecule has 2 fully saturated rings. The van der Waals surface area contributed by atoms with Gasteiger partial charge in [0.25, 0.3) is 0 Å². The Morgan fingerprint density at radius 2 is 2.07 bits per heavy atom. The van der Waals surface area contributed by atoms with Crippen LogP contribution in [-0.4, -0.2) is 54.6 Å². The predicted molar refractivity (Wildman–Crippen MR) is 52.5 cm³/mol. The van der Waals surface area contributed by atoms with Crippen molar-refractivity contribution < 1.29 is 19.4 Å². The predicted octanol–water partition coefficient (Wildman–Crippen LogP) is 0.370. The Morgan fingerprint density at radius 1 is 1.33 bits per heavy atom. The molecule has 2 heterocycles. The molecule has 0 unspecified atom stereocenters. The average Bonchev–Trinajstić information content (AvgIpc) is 2.22. The van der Waals surface area contributed by atoms with E-state index in [9.17, 15) is 9.90 Å². The number of nitrogens with zero attached hydrogens (tertiary/aromatic N) is 1. The summed E-state index contributed by atoms with van der Waals surface area (Å²) >= 11 is 0. The molecule has 0 aromatic rings. The van der Waals surface area contributed by atoms with Gasteiger partial charge in [-0.15, -0.1) is 0 Å². The first-order valence-electron chi connectivity index (χ1n) is 5.41. The van der Waals surface area contributed by atoms with Crippen molar-refractivity contribution in [2.75, 3.05) is 32.9 Å².